The second-order valence-electron chi connectivity index (χ2n) is 6.97. The smallest absolute Gasteiger partial charge is 0.199 e. The van der Waals surface area contributed by atoms with Gasteiger partial charge in [-0.2, -0.15) is 5.10 Å². The van der Waals surface area contributed by atoms with Gasteiger partial charge in [0.25, 0.3) is 0 Å². The van der Waals surface area contributed by atoms with Gasteiger partial charge < -0.3 is 9.15 Å². The molecule has 1 aromatic carbocycles. The van der Waals surface area contributed by atoms with Crippen LogP contribution in [0.2, 0.25) is 5.02 Å². The molecular weight excluding hydrogens is 396 g/mol. The highest BCUT2D eigenvalue weighted by Crippen LogP contribution is 2.23. The molecule has 1 fully saturated rings. The average Bonchev–Trinajstić information content (AvgIpc) is 3.33. The van der Waals surface area contributed by atoms with Crippen molar-refractivity contribution in [3.8, 4) is 11.4 Å². The molecular formula is C20H23ClN4O2S. The number of halogens is 1. The summed E-state index contributed by atoms with van der Waals surface area (Å²) in [7, 11) is 1.78. The molecule has 0 unspecified atom stereocenters. The van der Waals surface area contributed by atoms with E-state index in [4.69, 9.17) is 38.1 Å². The molecule has 3 heterocycles. The predicted octanol–water partition coefficient (Wildman–Crippen LogP) is 4.44. The second-order valence-corrected chi connectivity index (χ2v) is 7.77. The van der Waals surface area contributed by atoms with Crippen LogP contribution in [0.5, 0.6) is 0 Å². The monoisotopic (exact) mass is 418 g/mol. The van der Waals surface area contributed by atoms with Crippen molar-refractivity contribution in [3.63, 3.8) is 0 Å². The molecule has 3 aromatic rings. The van der Waals surface area contributed by atoms with Crippen molar-refractivity contribution in [3.05, 3.63) is 58.2 Å². The highest BCUT2D eigenvalue weighted by atomic mass is 35.5. The molecule has 1 saturated heterocycles. The number of benzene rings is 1. The summed E-state index contributed by atoms with van der Waals surface area (Å²) < 4.78 is 15.6. The summed E-state index contributed by atoms with van der Waals surface area (Å²) >= 11 is 11.8. The number of hydrogen-bond acceptors (Lipinski definition) is 5. The Kier molecular flexibility index (Phi) is 5.96. The largest absolute Gasteiger partial charge is 0.467 e. The summed E-state index contributed by atoms with van der Waals surface area (Å²) in [5.41, 5.74) is 0.971. The summed E-state index contributed by atoms with van der Waals surface area (Å²) in [6.45, 7) is 3.15. The van der Waals surface area contributed by atoms with E-state index in [9.17, 15) is 0 Å². The molecule has 2 aromatic heterocycles. The Morgan fingerprint density at radius 1 is 1.21 bits per heavy atom. The molecule has 0 aliphatic carbocycles. The molecule has 4 rings (SSSR count). The third kappa shape index (κ3) is 4.22. The molecule has 0 N–H and O–H groups in total. The number of likely N-dealkylation sites (tertiary alicyclic amines) is 1. The molecule has 0 radical (unpaired) electrons. The molecule has 6 nitrogen and oxygen atoms in total. The molecule has 28 heavy (non-hydrogen) atoms. The van der Waals surface area contributed by atoms with E-state index < -0.39 is 0 Å². The maximum absolute atomic E-state index is 6.06. The van der Waals surface area contributed by atoms with E-state index >= 15 is 0 Å². The Hall–Kier alpha value is -1.93. The number of rotatable bonds is 6. The Morgan fingerprint density at radius 3 is 2.61 bits per heavy atom. The van der Waals surface area contributed by atoms with Crippen LogP contribution in [-0.2, 0) is 18.0 Å². The zero-order valence-electron chi connectivity index (χ0n) is 15.8. The lowest BCUT2D eigenvalue weighted by Crippen LogP contribution is -2.38. The molecule has 0 bridgehead atoms. The van der Waals surface area contributed by atoms with Crippen molar-refractivity contribution in [2.24, 2.45) is 0 Å². The maximum Gasteiger partial charge on any atom is 0.199 e. The normalized spacial score (nSPS) is 15.9. The minimum absolute atomic E-state index is 0.352. The van der Waals surface area contributed by atoms with Crippen LogP contribution in [0.1, 0.15) is 18.6 Å². The van der Waals surface area contributed by atoms with Gasteiger partial charge in [-0.1, -0.05) is 11.6 Å². The van der Waals surface area contributed by atoms with E-state index in [1.807, 2.05) is 45.6 Å². The Balaban J connectivity index is 1.64. The lowest BCUT2D eigenvalue weighted by Gasteiger charge is -2.30. The molecule has 0 spiro atoms. The zero-order chi connectivity index (χ0) is 19.5. The van der Waals surface area contributed by atoms with Gasteiger partial charge in [-0.15, -0.1) is 0 Å². The molecule has 1 aliphatic heterocycles. The Labute approximate surface area is 174 Å². The average molecular weight is 419 g/mol. The standard InChI is InChI=1S/C20H23ClN4O2S/c1-26-17-8-10-23(11-9-17)14-25-20(28)24(13-18-3-2-12-27-18)19(22-25)15-4-6-16(21)7-5-15/h2-7,12,17H,8-11,13-14H2,1H3. The second kappa shape index (κ2) is 8.61. The fourth-order valence-corrected chi connectivity index (χ4v) is 3.90. The fraction of sp³-hybridized carbons (Fsp3) is 0.400. The lowest BCUT2D eigenvalue weighted by molar-refractivity contribution is 0.0301. The predicted molar refractivity (Wildman–Crippen MR) is 111 cm³/mol. The maximum atomic E-state index is 6.06. The van der Waals surface area contributed by atoms with Gasteiger partial charge in [0.05, 0.1) is 25.6 Å². The molecule has 0 atom stereocenters. The van der Waals surface area contributed by atoms with E-state index in [1.54, 1.807) is 13.4 Å². The van der Waals surface area contributed by atoms with Crippen LogP contribution in [0.3, 0.4) is 0 Å². The van der Waals surface area contributed by atoms with Crippen molar-refractivity contribution in [1.29, 1.82) is 0 Å². The number of aromatic nitrogens is 3. The van der Waals surface area contributed by atoms with E-state index in [1.165, 1.54) is 0 Å². The number of hydrogen-bond donors (Lipinski definition) is 0. The highest BCUT2D eigenvalue weighted by molar-refractivity contribution is 7.71. The number of piperidine rings is 1. The topological polar surface area (TPSA) is 48.4 Å². The third-order valence-electron chi connectivity index (χ3n) is 5.12. The quantitative estimate of drug-likeness (QED) is 0.554. The van der Waals surface area contributed by atoms with Crippen molar-refractivity contribution < 1.29 is 9.15 Å². The van der Waals surface area contributed by atoms with Crippen LogP contribution in [0.15, 0.2) is 47.1 Å². The van der Waals surface area contributed by atoms with Crippen LogP contribution in [0, 0.1) is 4.77 Å². The third-order valence-corrected chi connectivity index (χ3v) is 5.80. The van der Waals surface area contributed by atoms with Crippen molar-refractivity contribution in [2.75, 3.05) is 20.2 Å². The number of nitrogens with zero attached hydrogens (tertiary/aromatic N) is 4. The van der Waals surface area contributed by atoms with Crippen molar-refractivity contribution in [2.45, 2.75) is 32.2 Å². The van der Waals surface area contributed by atoms with E-state index in [2.05, 4.69) is 4.90 Å². The summed E-state index contributed by atoms with van der Waals surface area (Å²) in [4.78, 5) is 2.36. The summed E-state index contributed by atoms with van der Waals surface area (Å²) in [6, 6.07) is 11.5. The van der Waals surface area contributed by atoms with E-state index in [-0.39, 0.29) is 0 Å². The Bertz CT molecular complexity index is 957. The van der Waals surface area contributed by atoms with Crippen LogP contribution in [-0.4, -0.2) is 45.6 Å². The summed E-state index contributed by atoms with van der Waals surface area (Å²) in [5, 5.41) is 5.54. The van der Waals surface area contributed by atoms with Gasteiger partial charge in [-0.05, 0) is 61.5 Å². The highest BCUT2D eigenvalue weighted by Gasteiger charge is 2.21. The van der Waals surface area contributed by atoms with Gasteiger partial charge in [-0.3, -0.25) is 9.47 Å². The van der Waals surface area contributed by atoms with E-state index in [0.717, 1.165) is 43.1 Å². The van der Waals surface area contributed by atoms with Crippen molar-refractivity contribution in [1.82, 2.24) is 19.2 Å². The first-order valence-corrected chi connectivity index (χ1v) is 10.1. The SMILES string of the molecule is COC1CCN(Cn2nc(-c3ccc(Cl)cc3)n(Cc3ccco3)c2=S)CC1. The van der Waals surface area contributed by atoms with Gasteiger partial charge in [-0.25, -0.2) is 4.68 Å². The van der Waals surface area contributed by atoms with Crippen molar-refractivity contribution >= 4 is 23.8 Å². The number of furan rings is 1. The minimum Gasteiger partial charge on any atom is -0.467 e. The van der Waals surface area contributed by atoms with Gasteiger partial charge in [0, 0.05) is 30.8 Å². The number of methoxy groups -OCH3 is 1. The Morgan fingerprint density at radius 2 is 1.96 bits per heavy atom. The van der Waals surface area contributed by atoms with Crippen LogP contribution in [0.25, 0.3) is 11.4 Å². The number of ether oxygens (including phenoxy) is 1. The molecule has 8 heteroatoms. The first kappa shape index (κ1) is 19.4. The minimum atomic E-state index is 0.352. The molecule has 0 amide bonds. The fourth-order valence-electron chi connectivity index (χ4n) is 3.52. The molecule has 1 aliphatic rings. The van der Waals surface area contributed by atoms with Gasteiger partial charge in [0.1, 0.15) is 5.76 Å². The first-order chi connectivity index (χ1) is 13.6. The van der Waals surface area contributed by atoms with Crippen LogP contribution in [0.4, 0.5) is 0 Å². The van der Waals surface area contributed by atoms with Crippen LogP contribution >= 0.6 is 23.8 Å². The summed E-state index contributed by atoms with van der Waals surface area (Å²) in [6.07, 6.45) is 4.08. The van der Waals surface area contributed by atoms with Gasteiger partial charge in [0.15, 0.2) is 10.6 Å². The van der Waals surface area contributed by atoms with Gasteiger partial charge >= 0.3 is 0 Å². The first-order valence-electron chi connectivity index (χ1n) is 9.35. The molecule has 148 valence electrons. The van der Waals surface area contributed by atoms with Crippen LogP contribution < -0.4 is 0 Å². The molecule has 0 saturated carbocycles. The summed E-state index contributed by atoms with van der Waals surface area (Å²) in [5.74, 6) is 1.65. The van der Waals surface area contributed by atoms with Gasteiger partial charge in [0.2, 0.25) is 0 Å². The van der Waals surface area contributed by atoms with E-state index in [0.29, 0.717) is 29.1 Å². The lowest BCUT2D eigenvalue weighted by atomic mass is 10.1. The zero-order valence-corrected chi connectivity index (χ0v) is 17.3.